The lowest BCUT2D eigenvalue weighted by atomic mass is 10.1. The highest BCUT2D eigenvalue weighted by molar-refractivity contribution is 5.96. The van der Waals surface area contributed by atoms with E-state index >= 15 is 0 Å². The van der Waals surface area contributed by atoms with Crippen LogP contribution in [0.25, 0.3) is 0 Å². The van der Waals surface area contributed by atoms with Crippen LogP contribution in [0.4, 0.5) is 23.2 Å². The third-order valence-corrected chi connectivity index (χ3v) is 3.06. The Labute approximate surface area is 107 Å². The van der Waals surface area contributed by atoms with Crippen molar-refractivity contribution in [3.63, 3.8) is 0 Å². The minimum atomic E-state index is -4.73. The molecule has 0 aliphatic carbocycles. The van der Waals surface area contributed by atoms with E-state index in [4.69, 9.17) is 0 Å². The van der Waals surface area contributed by atoms with Gasteiger partial charge in [0.1, 0.15) is 5.82 Å². The Balaban J connectivity index is 2.31. The Morgan fingerprint density at radius 3 is 2.53 bits per heavy atom. The van der Waals surface area contributed by atoms with Crippen molar-refractivity contribution in [3.8, 4) is 0 Å². The molecule has 2 nitrogen and oxygen atoms in total. The van der Waals surface area contributed by atoms with E-state index in [0.29, 0.717) is 12.6 Å². The smallest absolute Gasteiger partial charge is 0.312 e. The quantitative estimate of drug-likeness (QED) is 0.597. The fraction of sp³-hybridized carbons (Fsp3) is 0.308. The van der Waals surface area contributed by atoms with Crippen LogP contribution in [0.1, 0.15) is 12.0 Å². The lowest BCUT2D eigenvalue weighted by Crippen LogP contribution is -2.24. The maximum absolute atomic E-state index is 13.4. The predicted octanol–water partition coefficient (Wildman–Crippen LogP) is 3.38. The average Bonchev–Trinajstić information content (AvgIpc) is 2.68. The van der Waals surface area contributed by atoms with Crippen molar-refractivity contribution in [1.29, 1.82) is 0 Å². The minimum absolute atomic E-state index is 0.0575. The molecule has 1 amide bonds. The van der Waals surface area contributed by atoms with E-state index in [1.54, 1.807) is 6.08 Å². The molecular weight excluding hydrogens is 262 g/mol. The molecular formula is C13H11F4NO. The first-order chi connectivity index (χ1) is 8.82. The van der Waals surface area contributed by atoms with Crippen molar-refractivity contribution in [1.82, 2.24) is 0 Å². The molecule has 1 saturated heterocycles. The summed E-state index contributed by atoms with van der Waals surface area (Å²) < 4.78 is 50.7. The van der Waals surface area contributed by atoms with Crippen LogP contribution in [0.5, 0.6) is 0 Å². The summed E-state index contributed by atoms with van der Waals surface area (Å²) in [4.78, 5) is 12.9. The molecule has 0 aromatic heterocycles. The predicted molar refractivity (Wildman–Crippen MR) is 62.1 cm³/mol. The zero-order chi connectivity index (χ0) is 14.2. The first-order valence-electron chi connectivity index (χ1n) is 5.62. The number of anilines is 1. The van der Waals surface area contributed by atoms with Crippen molar-refractivity contribution >= 4 is 11.6 Å². The summed E-state index contributed by atoms with van der Waals surface area (Å²) in [7, 11) is 0. The molecule has 1 aromatic rings. The van der Waals surface area contributed by atoms with Gasteiger partial charge in [0.05, 0.1) is 5.56 Å². The van der Waals surface area contributed by atoms with Gasteiger partial charge in [0.15, 0.2) is 0 Å². The summed E-state index contributed by atoms with van der Waals surface area (Å²) in [6, 6.07) is 2.50. The van der Waals surface area contributed by atoms with Crippen LogP contribution < -0.4 is 4.90 Å². The highest BCUT2D eigenvalue weighted by Crippen LogP contribution is 2.34. The zero-order valence-corrected chi connectivity index (χ0v) is 9.88. The van der Waals surface area contributed by atoms with Crippen molar-refractivity contribution in [2.75, 3.05) is 11.4 Å². The van der Waals surface area contributed by atoms with Crippen LogP contribution in [0.2, 0.25) is 0 Å². The van der Waals surface area contributed by atoms with E-state index in [1.165, 1.54) is 4.90 Å². The Bertz CT molecular complexity index is 524. The summed E-state index contributed by atoms with van der Waals surface area (Å²) in [5.41, 5.74) is -1.19. The normalized spacial score (nSPS) is 19.9. The van der Waals surface area contributed by atoms with Crippen molar-refractivity contribution in [3.05, 3.63) is 42.2 Å². The molecule has 1 atom stereocenters. The highest BCUT2D eigenvalue weighted by atomic mass is 19.4. The van der Waals surface area contributed by atoms with Crippen LogP contribution in [0.3, 0.4) is 0 Å². The van der Waals surface area contributed by atoms with Crippen LogP contribution >= 0.6 is 0 Å². The van der Waals surface area contributed by atoms with E-state index in [0.717, 1.165) is 12.1 Å². The van der Waals surface area contributed by atoms with E-state index in [-0.39, 0.29) is 23.9 Å². The summed E-state index contributed by atoms with van der Waals surface area (Å²) in [6.07, 6.45) is -2.88. The van der Waals surface area contributed by atoms with Gasteiger partial charge in [-0.3, -0.25) is 4.79 Å². The van der Waals surface area contributed by atoms with E-state index < -0.39 is 17.6 Å². The van der Waals surface area contributed by atoms with Crippen LogP contribution in [0.15, 0.2) is 30.9 Å². The van der Waals surface area contributed by atoms with Crippen LogP contribution in [-0.4, -0.2) is 12.5 Å². The van der Waals surface area contributed by atoms with Crippen LogP contribution in [0, 0.1) is 11.7 Å². The van der Waals surface area contributed by atoms with Crippen molar-refractivity contribution in [2.24, 2.45) is 5.92 Å². The molecule has 1 unspecified atom stereocenters. The molecule has 1 aliphatic rings. The number of carbonyl (C=O) groups excluding carboxylic acids is 1. The highest BCUT2D eigenvalue weighted by Gasteiger charge is 2.35. The van der Waals surface area contributed by atoms with Crippen molar-refractivity contribution < 1.29 is 22.4 Å². The fourth-order valence-electron chi connectivity index (χ4n) is 2.04. The molecule has 0 radical (unpaired) electrons. The number of amides is 1. The lowest BCUT2D eigenvalue weighted by Gasteiger charge is -2.17. The van der Waals surface area contributed by atoms with Gasteiger partial charge in [0.25, 0.3) is 0 Å². The van der Waals surface area contributed by atoms with Gasteiger partial charge < -0.3 is 4.90 Å². The third kappa shape index (κ3) is 2.62. The number of rotatable bonds is 2. The largest absolute Gasteiger partial charge is 0.419 e. The van der Waals surface area contributed by atoms with Crippen LogP contribution in [-0.2, 0) is 11.0 Å². The monoisotopic (exact) mass is 273 g/mol. The Morgan fingerprint density at radius 2 is 2.05 bits per heavy atom. The molecule has 0 bridgehead atoms. The number of halogens is 4. The SMILES string of the molecule is C=CC1CC(=O)N(c2ccc(C(F)(F)F)c(F)c2)C1. The molecule has 19 heavy (non-hydrogen) atoms. The number of benzene rings is 1. The Kier molecular flexibility index (Phi) is 3.34. The number of carbonyl (C=O) groups is 1. The molecule has 1 aromatic carbocycles. The zero-order valence-electron chi connectivity index (χ0n) is 9.88. The fourth-order valence-corrected chi connectivity index (χ4v) is 2.04. The van der Waals surface area contributed by atoms with Gasteiger partial charge in [-0.25, -0.2) is 4.39 Å². The van der Waals surface area contributed by atoms with E-state index in [1.807, 2.05) is 0 Å². The van der Waals surface area contributed by atoms with Gasteiger partial charge in [-0.2, -0.15) is 13.2 Å². The molecule has 6 heteroatoms. The molecule has 1 heterocycles. The Morgan fingerprint density at radius 1 is 1.37 bits per heavy atom. The first-order valence-corrected chi connectivity index (χ1v) is 5.62. The maximum atomic E-state index is 13.4. The molecule has 0 saturated carbocycles. The van der Waals surface area contributed by atoms with Gasteiger partial charge in [-0.1, -0.05) is 6.08 Å². The molecule has 0 N–H and O–H groups in total. The summed E-state index contributed by atoms with van der Waals surface area (Å²) in [5.74, 6) is -1.68. The number of hydrogen-bond acceptors (Lipinski definition) is 1. The van der Waals surface area contributed by atoms with Gasteiger partial charge in [0.2, 0.25) is 5.91 Å². The molecule has 0 spiro atoms. The van der Waals surface area contributed by atoms with Gasteiger partial charge in [-0.05, 0) is 18.2 Å². The second-order valence-corrected chi connectivity index (χ2v) is 4.37. The number of hydrogen-bond donors (Lipinski definition) is 0. The van der Waals surface area contributed by atoms with Gasteiger partial charge >= 0.3 is 6.18 Å². The first kappa shape index (κ1) is 13.6. The van der Waals surface area contributed by atoms with E-state index in [2.05, 4.69) is 6.58 Å². The standard InChI is InChI=1S/C13H11F4NO/c1-2-8-5-12(19)18(7-8)9-3-4-10(11(14)6-9)13(15,16)17/h2-4,6,8H,1,5,7H2. The third-order valence-electron chi connectivity index (χ3n) is 3.06. The maximum Gasteiger partial charge on any atom is 0.419 e. The number of alkyl halides is 3. The average molecular weight is 273 g/mol. The lowest BCUT2D eigenvalue weighted by molar-refractivity contribution is -0.139. The second-order valence-electron chi connectivity index (χ2n) is 4.37. The second kappa shape index (κ2) is 4.68. The summed E-state index contributed by atoms with van der Waals surface area (Å²) in [6.45, 7) is 3.88. The molecule has 1 fully saturated rings. The summed E-state index contributed by atoms with van der Waals surface area (Å²) in [5, 5.41) is 0. The van der Waals surface area contributed by atoms with Gasteiger partial charge in [-0.15, -0.1) is 6.58 Å². The molecule has 102 valence electrons. The van der Waals surface area contributed by atoms with E-state index in [9.17, 15) is 22.4 Å². The molecule has 1 aliphatic heterocycles. The topological polar surface area (TPSA) is 20.3 Å². The van der Waals surface area contributed by atoms with Crippen molar-refractivity contribution in [2.45, 2.75) is 12.6 Å². The summed E-state index contributed by atoms with van der Waals surface area (Å²) >= 11 is 0. The molecule has 2 rings (SSSR count). The Hall–Kier alpha value is -1.85. The number of nitrogens with zero attached hydrogens (tertiary/aromatic N) is 1. The minimum Gasteiger partial charge on any atom is -0.312 e. The van der Waals surface area contributed by atoms with Gasteiger partial charge in [0, 0.05) is 24.6 Å².